The molecule has 0 amide bonds. The maximum absolute atomic E-state index is 10.7. The van der Waals surface area contributed by atoms with E-state index in [1.54, 1.807) is 0 Å². The molecule has 1 aliphatic carbocycles. The van der Waals surface area contributed by atoms with Gasteiger partial charge in [-0.2, -0.15) is 0 Å². The average Bonchev–Trinajstić information content (AvgIpc) is 3.00. The van der Waals surface area contributed by atoms with Crippen LogP contribution in [0.15, 0.2) is 18.2 Å². The first-order valence-electron chi connectivity index (χ1n) is 4.98. The smallest absolute Gasteiger partial charge is 0.150 e. The van der Waals surface area contributed by atoms with Crippen LogP contribution in [0.1, 0.15) is 28.8 Å². The van der Waals surface area contributed by atoms with Crippen molar-refractivity contribution in [3.05, 3.63) is 29.3 Å². The quantitative estimate of drug-likeness (QED) is 0.682. The van der Waals surface area contributed by atoms with Gasteiger partial charge < -0.3 is 4.74 Å². The molecule has 0 N–H and O–H groups in total. The highest BCUT2D eigenvalue weighted by Crippen LogP contribution is 2.29. The Kier molecular flexibility index (Phi) is 2.53. The molecule has 74 valence electrons. The normalized spacial score (nSPS) is 15.2. The fourth-order valence-electron chi connectivity index (χ4n) is 1.33. The zero-order valence-corrected chi connectivity index (χ0v) is 8.32. The number of carbonyl (C=O) groups excluding carboxylic acids is 1. The highest BCUT2D eigenvalue weighted by molar-refractivity contribution is 5.77. The van der Waals surface area contributed by atoms with E-state index in [2.05, 4.69) is 0 Å². The highest BCUT2D eigenvalue weighted by Gasteiger charge is 2.21. The lowest BCUT2D eigenvalue weighted by Gasteiger charge is -2.06. The molecule has 2 nitrogen and oxygen atoms in total. The van der Waals surface area contributed by atoms with Gasteiger partial charge in [-0.3, -0.25) is 4.79 Å². The molecular formula is C12H14O2. The van der Waals surface area contributed by atoms with Crippen LogP contribution in [0.25, 0.3) is 0 Å². The molecule has 0 unspecified atom stereocenters. The zero-order valence-electron chi connectivity index (χ0n) is 8.32. The van der Waals surface area contributed by atoms with Crippen LogP contribution in [0.4, 0.5) is 0 Å². The van der Waals surface area contributed by atoms with Crippen molar-refractivity contribution in [3.63, 3.8) is 0 Å². The Labute approximate surface area is 83.9 Å². The minimum Gasteiger partial charge on any atom is -0.493 e. The summed E-state index contributed by atoms with van der Waals surface area (Å²) in [7, 11) is 0. The van der Waals surface area contributed by atoms with Gasteiger partial charge in [0, 0.05) is 5.56 Å². The number of aryl methyl sites for hydroxylation is 1. The van der Waals surface area contributed by atoms with Crippen LogP contribution in [0.2, 0.25) is 0 Å². The van der Waals surface area contributed by atoms with Crippen molar-refractivity contribution in [3.8, 4) is 5.75 Å². The first-order valence-corrected chi connectivity index (χ1v) is 4.98. The molecule has 0 radical (unpaired) electrons. The molecule has 0 aromatic heterocycles. The van der Waals surface area contributed by atoms with Gasteiger partial charge in [0.1, 0.15) is 12.0 Å². The summed E-state index contributed by atoms with van der Waals surface area (Å²) < 4.78 is 5.57. The molecule has 1 aliphatic rings. The maximum Gasteiger partial charge on any atom is 0.150 e. The van der Waals surface area contributed by atoms with Crippen molar-refractivity contribution in [2.24, 2.45) is 5.92 Å². The lowest BCUT2D eigenvalue weighted by Crippen LogP contribution is -1.99. The van der Waals surface area contributed by atoms with Gasteiger partial charge in [0.05, 0.1) is 6.61 Å². The molecule has 2 heteroatoms. The molecule has 0 saturated heterocycles. The molecule has 14 heavy (non-hydrogen) atoms. The van der Waals surface area contributed by atoms with E-state index in [0.29, 0.717) is 0 Å². The van der Waals surface area contributed by atoms with E-state index < -0.39 is 0 Å². The van der Waals surface area contributed by atoms with E-state index >= 15 is 0 Å². The van der Waals surface area contributed by atoms with Crippen LogP contribution in [0.3, 0.4) is 0 Å². The van der Waals surface area contributed by atoms with E-state index in [9.17, 15) is 4.79 Å². The summed E-state index contributed by atoms with van der Waals surface area (Å²) in [6, 6.07) is 5.65. The summed E-state index contributed by atoms with van der Waals surface area (Å²) in [5.41, 5.74) is 1.72. The van der Waals surface area contributed by atoms with Crippen LogP contribution >= 0.6 is 0 Å². The Morgan fingerprint density at radius 2 is 2.29 bits per heavy atom. The van der Waals surface area contributed by atoms with Crippen LogP contribution in [-0.2, 0) is 0 Å². The van der Waals surface area contributed by atoms with E-state index in [1.807, 2.05) is 25.1 Å². The number of hydrogen-bond acceptors (Lipinski definition) is 2. The number of hydrogen-bond donors (Lipinski definition) is 0. The molecule has 0 bridgehead atoms. The molecular weight excluding hydrogens is 176 g/mol. The van der Waals surface area contributed by atoms with Gasteiger partial charge >= 0.3 is 0 Å². The summed E-state index contributed by atoms with van der Waals surface area (Å²) >= 11 is 0. The SMILES string of the molecule is Cc1ccc(OCC2CC2)cc1C=O. The third-order valence-electron chi connectivity index (χ3n) is 2.56. The molecule has 2 rings (SSSR count). The maximum atomic E-state index is 10.7. The number of rotatable bonds is 4. The molecule has 0 spiro atoms. The second kappa shape index (κ2) is 3.82. The summed E-state index contributed by atoms with van der Waals surface area (Å²) in [5, 5.41) is 0. The molecule has 1 aromatic rings. The summed E-state index contributed by atoms with van der Waals surface area (Å²) in [4.78, 5) is 10.7. The van der Waals surface area contributed by atoms with Crippen molar-refractivity contribution in [2.75, 3.05) is 6.61 Å². The Morgan fingerprint density at radius 3 is 2.93 bits per heavy atom. The largest absolute Gasteiger partial charge is 0.493 e. The first kappa shape index (κ1) is 9.25. The standard InChI is InChI=1S/C12H14O2/c1-9-2-5-12(6-11(9)7-13)14-8-10-3-4-10/h2,5-7,10H,3-4,8H2,1H3. The van der Waals surface area contributed by atoms with Gasteiger partial charge in [-0.15, -0.1) is 0 Å². The van der Waals surface area contributed by atoms with Gasteiger partial charge in [-0.05, 0) is 43.4 Å². The summed E-state index contributed by atoms with van der Waals surface area (Å²) in [6.07, 6.45) is 3.44. The zero-order chi connectivity index (χ0) is 9.97. The second-order valence-corrected chi connectivity index (χ2v) is 3.89. The average molecular weight is 190 g/mol. The molecule has 1 fully saturated rings. The minimum absolute atomic E-state index is 0.721. The van der Waals surface area contributed by atoms with Crippen LogP contribution in [0, 0.1) is 12.8 Å². The van der Waals surface area contributed by atoms with Gasteiger partial charge in [0.15, 0.2) is 0 Å². The molecule has 0 heterocycles. The van der Waals surface area contributed by atoms with Crippen molar-refractivity contribution < 1.29 is 9.53 Å². The van der Waals surface area contributed by atoms with Gasteiger partial charge in [-0.25, -0.2) is 0 Å². The minimum atomic E-state index is 0.721. The van der Waals surface area contributed by atoms with Gasteiger partial charge in [0.2, 0.25) is 0 Å². The Morgan fingerprint density at radius 1 is 1.50 bits per heavy atom. The number of ether oxygens (including phenoxy) is 1. The van der Waals surface area contributed by atoms with Gasteiger partial charge in [0.25, 0.3) is 0 Å². The lowest BCUT2D eigenvalue weighted by atomic mass is 10.1. The van der Waals surface area contributed by atoms with Crippen molar-refractivity contribution in [2.45, 2.75) is 19.8 Å². The van der Waals surface area contributed by atoms with E-state index in [4.69, 9.17) is 4.74 Å². The Balaban J connectivity index is 2.05. The number of benzene rings is 1. The number of aldehydes is 1. The van der Waals surface area contributed by atoms with Crippen LogP contribution in [-0.4, -0.2) is 12.9 Å². The fraction of sp³-hybridized carbons (Fsp3) is 0.417. The highest BCUT2D eigenvalue weighted by atomic mass is 16.5. The fourth-order valence-corrected chi connectivity index (χ4v) is 1.33. The predicted octanol–water partition coefficient (Wildman–Crippen LogP) is 2.60. The van der Waals surface area contributed by atoms with Crippen LogP contribution < -0.4 is 4.74 Å². The van der Waals surface area contributed by atoms with Crippen LogP contribution in [0.5, 0.6) is 5.75 Å². The van der Waals surface area contributed by atoms with Crippen molar-refractivity contribution in [1.29, 1.82) is 0 Å². The van der Waals surface area contributed by atoms with E-state index in [0.717, 1.165) is 35.7 Å². The van der Waals surface area contributed by atoms with Crippen molar-refractivity contribution in [1.82, 2.24) is 0 Å². The van der Waals surface area contributed by atoms with E-state index in [1.165, 1.54) is 12.8 Å². The topological polar surface area (TPSA) is 26.3 Å². The molecule has 1 aromatic carbocycles. The summed E-state index contributed by atoms with van der Waals surface area (Å²) in [6.45, 7) is 2.72. The molecule has 0 atom stereocenters. The van der Waals surface area contributed by atoms with Crippen molar-refractivity contribution >= 4 is 6.29 Å². The number of carbonyl (C=O) groups is 1. The monoisotopic (exact) mass is 190 g/mol. The third kappa shape index (κ3) is 2.13. The van der Waals surface area contributed by atoms with E-state index in [-0.39, 0.29) is 0 Å². The molecule has 0 aliphatic heterocycles. The molecule has 1 saturated carbocycles. The lowest BCUT2D eigenvalue weighted by molar-refractivity contribution is 0.112. The second-order valence-electron chi connectivity index (χ2n) is 3.89. The third-order valence-corrected chi connectivity index (χ3v) is 2.56. The predicted molar refractivity (Wildman–Crippen MR) is 54.8 cm³/mol. The Bertz CT molecular complexity index is 340. The van der Waals surface area contributed by atoms with Gasteiger partial charge in [-0.1, -0.05) is 6.07 Å². The first-order chi connectivity index (χ1) is 6.79. The Hall–Kier alpha value is -1.31. The summed E-state index contributed by atoms with van der Waals surface area (Å²) in [5.74, 6) is 1.56.